The lowest BCUT2D eigenvalue weighted by Gasteiger charge is -2.39. The van der Waals surface area contributed by atoms with Gasteiger partial charge < -0.3 is 19.1 Å². The zero-order valence-corrected chi connectivity index (χ0v) is 18.0. The molecule has 0 N–H and O–H groups in total. The summed E-state index contributed by atoms with van der Waals surface area (Å²) >= 11 is 0. The van der Waals surface area contributed by atoms with Crippen LogP contribution in [0.25, 0.3) is 0 Å². The summed E-state index contributed by atoms with van der Waals surface area (Å²) < 4.78 is 17.0. The average Bonchev–Trinajstić information content (AvgIpc) is 3.26. The van der Waals surface area contributed by atoms with Crippen molar-refractivity contribution in [3.63, 3.8) is 0 Å². The van der Waals surface area contributed by atoms with Gasteiger partial charge in [0.05, 0.1) is 11.5 Å². The Bertz CT molecular complexity index is 886. The van der Waals surface area contributed by atoms with Crippen LogP contribution in [0.15, 0.2) is 42.5 Å². The largest absolute Gasteiger partial charge is 0.493 e. The fourth-order valence-electron chi connectivity index (χ4n) is 4.52. The van der Waals surface area contributed by atoms with E-state index in [1.54, 1.807) is 12.1 Å². The van der Waals surface area contributed by atoms with E-state index in [-0.39, 0.29) is 17.4 Å². The fraction of sp³-hybridized carbons (Fsp3) is 0.500. The predicted molar refractivity (Wildman–Crippen MR) is 118 cm³/mol. The molecule has 0 spiro atoms. The second kappa shape index (κ2) is 10.0. The molecule has 2 aromatic rings. The van der Waals surface area contributed by atoms with Gasteiger partial charge in [0.1, 0.15) is 5.75 Å². The molecule has 7 nitrogen and oxygen atoms in total. The Hall–Kier alpha value is -2.80. The maximum absolute atomic E-state index is 11.0. The van der Waals surface area contributed by atoms with Gasteiger partial charge in [-0.2, -0.15) is 0 Å². The Labute approximate surface area is 183 Å². The number of nitro groups is 1. The number of nitro benzene ring substituents is 1. The molecule has 0 unspecified atom stereocenters. The Morgan fingerprint density at radius 3 is 2.71 bits per heavy atom. The molecule has 2 aliphatic rings. The van der Waals surface area contributed by atoms with Crippen LogP contribution in [-0.4, -0.2) is 42.9 Å². The highest BCUT2D eigenvalue weighted by Gasteiger charge is 2.31. The van der Waals surface area contributed by atoms with Crippen molar-refractivity contribution in [2.24, 2.45) is 5.92 Å². The number of likely N-dealkylation sites (tertiary alicyclic amines) is 1. The van der Waals surface area contributed by atoms with Gasteiger partial charge in [-0.25, -0.2) is 0 Å². The van der Waals surface area contributed by atoms with Gasteiger partial charge in [-0.3, -0.25) is 10.1 Å². The molecule has 2 aromatic carbocycles. The van der Waals surface area contributed by atoms with E-state index in [1.807, 2.05) is 30.3 Å². The molecule has 0 bridgehead atoms. The topological polar surface area (TPSA) is 74.1 Å². The van der Waals surface area contributed by atoms with E-state index >= 15 is 0 Å². The van der Waals surface area contributed by atoms with Gasteiger partial charge in [-0.05, 0) is 49.5 Å². The van der Waals surface area contributed by atoms with E-state index in [4.69, 9.17) is 14.2 Å². The molecule has 0 saturated carbocycles. The Kier molecular flexibility index (Phi) is 6.92. The van der Waals surface area contributed by atoms with E-state index in [2.05, 4.69) is 11.8 Å². The maximum atomic E-state index is 11.0. The normalized spacial score (nSPS) is 20.5. The first-order valence-electron chi connectivity index (χ1n) is 11.1. The SMILES string of the molecule is CCCCCN1CC[C@@H](c2ccc([N+](=O)[O-])cc2)[C@H](COc2ccc3c(c2)OCO3)C1. The first-order valence-corrected chi connectivity index (χ1v) is 11.1. The molecule has 0 radical (unpaired) electrons. The van der Waals surface area contributed by atoms with Crippen molar-refractivity contribution in [1.82, 2.24) is 4.90 Å². The lowest BCUT2D eigenvalue weighted by molar-refractivity contribution is -0.384. The van der Waals surface area contributed by atoms with Crippen LogP contribution in [0.4, 0.5) is 5.69 Å². The van der Waals surface area contributed by atoms with Crippen LogP contribution in [0.2, 0.25) is 0 Å². The van der Waals surface area contributed by atoms with Crippen LogP contribution in [0, 0.1) is 16.0 Å². The molecule has 7 heteroatoms. The quantitative estimate of drug-likeness (QED) is 0.319. The highest BCUT2D eigenvalue weighted by atomic mass is 16.7. The summed E-state index contributed by atoms with van der Waals surface area (Å²) in [4.78, 5) is 13.2. The number of nitrogens with zero attached hydrogens (tertiary/aromatic N) is 2. The number of hydrogen-bond donors (Lipinski definition) is 0. The van der Waals surface area contributed by atoms with Gasteiger partial charge in [0.25, 0.3) is 5.69 Å². The molecular formula is C24H30N2O5. The van der Waals surface area contributed by atoms with Crippen molar-refractivity contribution in [3.8, 4) is 17.2 Å². The van der Waals surface area contributed by atoms with E-state index in [0.29, 0.717) is 24.2 Å². The monoisotopic (exact) mass is 426 g/mol. The molecule has 0 aromatic heterocycles. The number of benzene rings is 2. The molecule has 166 valence electrons. The number of unbranched alkanes of at least 4 members (excludes halogenated alkanes) is 2. The van der Waals surface area contributed by atoms with E-state index in [1.165, 1.54) is 19.3 Å². The fourth-order valence-corrected chi connectivity index (χ4v) is 4.52. The molecule has 1 saturated heterocycles. The Balaban J connectivity index is 1.45. The molecule has 2 aliphatic heterocycles. The third-order valence-corrected chi connectivity index (χ3v) is 6.24. The van der Waals surface area contributed by atoms with Gasteiger partial charge in [-0.15, -0.1) is 0 Å². The van der Waals surface area contributed by atoms with Crippen LogP contribution in [0.1, 0.15) is 44.1 Å². The standard InChI is InChI=1S/C24H30N2O5/c1-2-3-4-12-25-13-11-22(18-5-7-20(8-6-18)26(27)28)19(15-25)16-29-21-9-10-23-24(14-21)31-17-30-23/h5-10,14,19,22H,2-4,11-13,15-17H2,1H3/t19-,22-/m0/s1. The highest BCUT2D eigenvalue weighted by Crippen LogP contribution is 2.37. The minimum atomic E-state index is -0.347. The second-order valence-electron chi connectivity index (χ2n) is 8.34. The Morgan fingerprint density at radius 1 is 1.13 bits per heavy atom. The summed E-state index contributed by atoms with van der Waals surface area (Å²) in [5.74, 6) is 2.86. The minimum Gasteiger partial charge on any atom is -0.493 e. The Morgan fingerprint density at radius 2 is 1.94 bits per heavy atom. The number of hydrogen-bond acceptors (Lipinski definition) is 6. The molecule has 31 heavy (non-hydrogen) atoms. The number of rotatable bonds is 9. The summed E-state index contributed by atoms with van der Waals surface area (Å²) in [5, 5.41) is 11.0. The molecular weight excluding hydrogens is 396 g/mol. The zero-order chi connectivity index (χ0) is 21.6. The summed E-state index contributed by atoms with van der Waals surface area (Å²) in [7, 11) is 0. The number of non-ortho nitro benzene ring substituents is 1. The van der Waals surface area contributed by atoms with Crippen molar-refractivity contribution in [2.45, 2.75) is 38.5 Å². The third kappa shape index (κ3) is 5.28. The lowest BCUT2D eigenvalue weighted by atomic mass is 9.80. The summed E-state index contributed by atoms with van der Waals surface area (Å²) in [6, 6.07) is 12.7. The van der Waals surface area contributed by atoms with Crippen LogP contribution in [0.3, 0.4) is 0 Å². The van der Waals surface area contributed by atoms with E-state index in [9.17, 15) is 10.1 Å². The van der Waals surface area contributed by atoms with Crippen LogP contribution >= 0.6 is 0 Å². The van der Waals surface area contributed by atoms with Gasteiger partial charge in [0, 0.05) is 30.7 Å². The van der Waals surface area contributed by atoms with Crippen LogP contribution < -0.4 is 14.2 Å². The lowest BCUT2D eigenvalue weighted by Crippen LogP contribution is -2.42. The summed E-state index contributed by atoms with van der Waals surface area (Å²) in [6.07, 6.45) is 4.71. The zero-order valence-electron chi connectivity index (χ0n) is 18.0. The smallest absolute Gasteiger partial charge is 0.269 e. The van der Waals surface area contributed by atoms with Crippen molar-refractivity contribution >= 4 is 5.69 Å². The minimum absolute atomic E-state index is 0.133. The van der Waals surface area contributed by atoms with Crippen molar-refractivity contribution in [1.29, 1.82) is 0 Å². The summed E-state index contributed by atoms with van der Waals surface area (Å²) in [5.41, 5.74) is 1.28. The predicted octanol–water partition coefficient (Wildman–Crippen LogP) is 5.00. The molecule has 2 heterocycles. The van der Waals surface area contributed by atoms with Crippen LogP contribution in [-0.2, 0) is 0 Å². The van der Waals surface area contributed by atoms with Gasteiger partial charge >= 0.3 is 0 Å². The van der Waals surface area contributed by atoms with Crippen molar-refractivity contribution < 1.29 is 19.1 Å². The number of ether oxygens (including phenoxy) is 3. The van der Waals surface area contributed by atoms with E-state index in [0.717, 1.165) is 43.1 Å². The number of piperidine rings is 1. The number of fused-ring (bicyclic) bond motifs is 1. The average molecular weight is 427 g/mol. The van der Waals surface area contributed by atoms with E-state index < -0.39 is 0 Å². The molecule has 0 amide bonds. The van der Waals surface area contributed by atoms with Gasteiger partial charge in [0.2, 0.25) is 6.79 Å². The second-order valence-corrected chi connectivity index (χ2v) is 8.34. The molecule has 2 atom stereocenters. The third-order valence-electron chi connectivity index (χ3n) is 6.24. The van der Waals surface area contributed by atoms with Crippen molar-refractivity contribution in [3.05, 3.63) is 58.1 Å². The molecule has 1 fully saturated rings. The van der Waals surface area contributed by atoms with Gasteiger partial charge in [0.15, 0.2) is 11.5 Å². The summed E-state index contributed by atoms with van der Waals surface area (Å²) in [6.45, 7) is 6.19. The highest BCUT2D eigenvalue weighted by molar-refractivity contribution is 5.46. The maximum Gasteiger partial charge on any atom is 0.269 e. The molecule has 4 rings (SSSR count). The first-order chi connectivity index (χ1) is 15.1. The van der Waals surface area contributed by atoms with Gasteiger partial charge in [-0.1, -0.05) is 31.9 Å². The first kappa shape index (κ1) is 21.4. The molecule has 0 aliphatic carbocycles. The van der Waals surface area contributed by atoms with Crippen LogP contribution in [0.5, 0.6) is 17.2 Å². The van der Waals surface area contributed by atoms with Crippen molar-refractivity contribution in [2.75, 3.05) is 33.0 Å².